The number of rotatable bonds is 8. The minimum atomic E-state index is -0.850. The predicted molar refractivity (Wildman–Crippen MR) is 153 cm³/mol. The van der Waals surface area contributed by atoms with E-state index in [-0.39, 0.29) is 5.92 Å². The van der Waals surface area contributed by atoms with Gasteiger partial charge in [0.1, 0.15) is 17.2 Å². The minimum absolute atomic E-state index is 0.256. The molecule has 2 saturated carbocycles. The quantitative estimate of drug-likeness (QED) is 0.177. The first-order valence-electron chi connectivity index (χ1n) is 13.0. The first-order chi connectivity index (χ1) is 19.5. The number of nitrogens with one attached hydrogen (secondary N) is 1. The number of hydrogen-bond acceptors (Lipinski definition) is 7. The molecule has 8 nitrogen and oxygen atoms in total. The lowest BCUT2D eigenvalue weighted by atomic mass is 10.0. The van der Waals surface area contributed by atoms with Crippen LogP contribution in [0.2, 0.25) is 15.1 Å². The monoisotopic (exact) mass is 592 g/mol. The first kappa shape index (κ1) is 25.5. The van der Waals surface area contributed by atoms with Crippen LogP contribution in [0.5, 0.6) is 5.75 Å². The Kier molecular flexibility index (Phi) is 6.51. The highest BCUT2D eigenvalue weighted by Gasteiger charge is 2.41. The third-order valence-corrected chi connectivity index (χ3v) is 8.51. The Hall–Kier alpha value is -3.43. The molecule has 3 atom stereocenters. The summed E-state index contributed by atoms with van der Waals surface area (Å²) < 4.78 is 11.9. The van der Waals surface area contributed by atoms with E-state index in [9.17, 15) is 0 Å². The lowest BCUT2D eigenvalue weighted by Gasteiger charge is -2.17. The number of nitrogens with two attached hydrogens (primary N) is 1. The molecule has 3 aromatic carbocycles. The molecule has 0 radical (unpaired) electrons. The molecular weight excluding hydrogens is 571 g/mol. The zero-order valence-corrected chi connectivity index (χ0v) is 23.3. The first-order valence-corrected chi connectivity index (χ1v) is 14.1. The van der Waals surface area contributed by atoms with E-state index in [2.05, 4.69) is 37.9 Å². The summed E-state index contributed by atoms with van der Waals surface area (Å²) >= 11 is 19.7. The molecule has 0 amide bonds. The molecule has 2 fully saturated rings. The Morgan fingerprint density at radius 2 is 1.73 bits per heavy atom. The molecule has 3 unspecified atom stereocenters. The fraction of sp³-hybridized carbons (Fsp3) is 0.241. The van der Waals surface area contributed by atoms with Gasteiger partial charge in [-0.25, -0.2) is 0 Å². The number of hydrogen-bond donors (Lipinski definition) is 2. The van der Waals surface area contributed by atoms with Gasteiger partial charge in [-0.3, -0.25) is 5.73 Å². The average molecular weight is 594 g/mol. The number of nitrogens with zero attached hydrogens (tertiary/aromatic N) is 4. The molecule has 0 spiro atoms. The maximum Gasteiger partial charge on any atom is 0.204 e. The van der Waals surface area contributed by atoms with E-state index in [0.29, 0.717) is 61.1 Å². The number of H-pyrrole nitrogens is 1. The van der Waals surface area contributed by atoms with Crippen LogP contribution >= 0.6 is 34.8 Å². The average Bonchev–Trinajstić information content (AvgIpc) is 3.84. The van der Waals surface area contributed by atoms with Gasteiger partial charge in [-0.1, -0.05) is 76.4 Å². The highest BCUT2D eigenvalue weighted by atomic mass is 35.5. The van der Waals surface area contributed by atoms with E-state index in [1.807, 2.05) is 30.3 Å². The molecule has 2 aromatic heterocycles. The van der Waals surface area contributed by atoms with Gasteiger partial charge in [0.15, 0.2) is 6.23 Å². The van der Waals surface area contributed by atoms with Crippen molar-refractivity contribution in [3.63, 3.8) is 0 Å². The second kappa shape index (κ2) is 10.2. The van der Waals surface area contributed by atoms with Crippen molar-refractivity contribution in [3.05, 3.63) is 98.2 Å². The van der Waals surface area contributed by atoms with Crippen molar-refractivity contribution in [2.45, 2.75) is 43.2 Å². The standard InChI is InChI=1S/C29H23Cl3N6O2/c30-21-2-1-3-22(31)24(21)26-25(27(40-36-26)15-6-7-15)28(33)39-17-10-11-18(23(32)12-17)20-13-19(20)14-4-8-16(9-5-14)29-34-37-38-35-29/h1-5,8-12,15,19-20,28H,6-7,13,33H2,(H,34,35,37,38). The zero-order valence-electron chi connectivity index (χ0n) is 21.0. The third-order valence-electron chi connectivity index (χ3n) is 7.56. The molecule has 7 rings (SSSR count). The molecule has 202 valence electrons. The SMILES string of the molecule is NC(Oc1ccc(C2CC2c2ccc(-c3nn[nH]n3)cc2)c(Cl)c1)c1c(-c2c(Cl)cccc2Cl)noc1C1CC1. The van der Waals surface area contributed by atoms with Crippen LogP contribution < -0.4 is 10.5 Å². The van der Waals surface area contributed by atoms with Crippen molar-refractivity contribution in [2.75, 3.05) is 0 Å². The molecule has 2 aliphatic carbocycles. The van der Waals surface area contributed by atoms with Crippen LogP contribution in [0.1, 0.15) is 65.7 Å². The van der Waals surface area contributed by atoms with E-state index in [4.69, 9.17) is 49.8 Å². The van der Waals surface area contributed by atoms with Gasteiger partial charge < -0.3 is 9.26 Å². The van der Waals surface area contributed by atoms with Crippen molar-refractivity contribution in [3.8, 4) is 28.4 Å². The molecule has 40 heavy (non-hydrogen) atoms. The Labute approximate surface area is 244 Å². The molecule has 2 heterocycles. The molecule has 11 heteroatoms. The number of benzene rings is 3. The van der Waals surface area contributed by atoms with E-state index >= 15 is 0 Å². The van der Waals surface area contributed by atoms with Crippen LogP contribution in [-0.4, -0.2) is 25.8 Å². The fourth-order valence-electron chi connectivity index (χ4n) is 5.29. The summed E-state index contributed by atoms with van der Waals surface area (Å²) in [5.41, 5.74) is 11.6. The molecule has 3 N–H and O–H groups in total. The van der Waals surface area contributed by atoms with Crippen molar-refractivity contribution in [2.24, 2.45) is 5.73 Å². The Bertz CT molecular complexity index is 1660. The maximum absolute atomic E-state index is 6.77. The summed E-state index contributed by atoms with van der Waals surface area (Å²) in [7, 11) is 0. The summed E-state index contributed by atoms with van der Waals surface area (Å²) in [5, 5.41) is 20.1. The van der Waals surface area contributed by atoms with Crippen LogP contribution in [0, 0.1) is 0 Å². The van der Waals surface area contributed by atoms with E-state index in [0.717, 1.165) is 30.4 Å². The summed E-state index contributed by atoms with van der Waals surface area (Å²) in [4.78, 5) is 0. The van der Waals surface area contributed by atoms with Crippen molar-refractivity contribution >= 4 is 34.8 Å². The normalized spacial score (nSPS) is 19.0. The van der Waals surface area contributed by atoms with E-state index in [1.165, 1.54) is 5.56 Å². The zero-order chi connectivity index (χ0) is 27.4. The number of ether oxygens (including phenoxy) is 1. The van der Waals surface area contributed by atoms with Crippen molar-refractivity contribution in [1.29, 1.82) is 0 Å². The summed E-state index contributed by atoms with van der Waals surface area (Å²) in [6.07, 6.45) is 2.19. The number of tetrazole rings is 1. The van der Waals surface area contributed by atoms with Gasteiger partial charge >= 0.3 is 0 Å². The lowest BCUT2D eigenvalue weighted by molar-refractivity contribution is 0.211. The molecule has 0 aliphatic heterocycles. The molecule has 2 aliphatic rings. The van der Waals surface area contributed by atoms with Gasteiger partial charge in [-0.05, 0) is 71.7 Å². The smallest absolute Gasteiger partial charge is 0.204 e. The largest absolute Gasteiger partial charge is 0.471 e. The highest BCUT2D eigenvalue weighted by Crippen LogP contribution is 2.56. The van der Waals surface area contributed by atoms with Gasteiger partial charge in [-0.2, -0.15) is 5.21 Å². The van der Waals surface area contributed by atoms with Gasteiger partial charge in [0.25, 0.3) is 0 Å². The third kappa shape index (κ3) is 4.75. The van der Waals surface area contributed by atoms with Crippen molar-refractivity contribution < 1.29 is 9.26 Å². The lowest BCUT2D eigenvalue weighted by Crippen LogP contribution is -2.19. The number of aromatic nitrogens is 5. The highest BCUT2D eigenvalue weighted by molar-refractivity contribution is 6.39. The topological polar surface area (TPSA) is 116 Å². The molecule has 5 aromatic rings. The summed E-state index contributed by atoms with van der Waals surface area (Å²) in [6.45, 7) is 0. The molecule has 0 saturated heterocycles. The van der Waals surface area contributed by atoms with E-state index in [1.54, 1.807) is 18.2 Å². The van der Waals surface area contributed by atoms with Gasteiger partial charge in [0.05, 0.1) is 15.6 Å². The van der Waals surface area contributed by atoms with Crippen LogP contribution in [0.15, 0.2) is 65.2 Å². The minimum Gasteiger partial charge on any atom is -0.471 e. The van der Waals surface area contributed by atoms with E-state index < -0.39 is 6.23 Å². The van der Waals surface area contributed by atoms with Crippen LogP contribution in [-0.2, 0) is 0 Å². The van der Waals surface area contributed by atoms with Gasteiger partial charge in [0.2, 0.25) is 5.82 Å². The summed E-state index contributed by atoms with van der Waals surface area (Å²) in [5.74, 6) is 2.83. The van der Waals surface area contributed by atoms with Gasteiger partial charge in [-0.15, -0.1) is 10.2 Å². The van der Waals surface area contributed by atoms with Gasteiger partial charge in [0, 0.05) is 22.1 Å². The van der Waals surface area contributed by atoms with Crippen molar-refractivity contribution in [1.82, 2.24) is 25.8 Å². The Morgan fingerprint density at radius 3 is 2.40 bits per heavy atom. The van der Waals surface area contributed by atoms with Crippen LogP contribution in [0.25, 0.3) is 22.6 Å². The van der Waals surface area contributed by atoms with Crippen LogP contribution in [0.4, 0.5) is 0 Å². The number of halogens is 3. The predicted octanol–water partition coefficient (Wildman–Crippen LogP) is 7.67. The second-order valence-corrected chi connectivity index (χ2v) is 11.4. The Balaban J connectivity index is 1.10. The molecule has 0 bridgehead atoms. The summed E-state index contributed by atoms with van der Waals surface area (Å²) in [6, 6.07) is 19.3. The van der Waals surface area contributed by atoms with Crippen LogP contribution in [0.3, 0.4) is 0 Å². The maximum atomic E-state index is 6.77. The molecular formula is C29H23Cl3N6O2. The fourth-order valence-corrected chi connectivity index (χ4v) is 6.17. The number of aromatic amines is 1. The second-order valence-electron chi connectivity index (χ2n) is 10.2. The Morgan fingerprint density at radius 1 is 0.950 bits per heavy atom.